The van der Waals surface area contributed by atoms with Crippen LogP contribution in [0.15, 0.2) is 42.7 Å². The molecule has 3 aliphatic heterocycles. The number of nitrogens with zero attached hydrogens (tertiary/aromatic N) is 5. The van der Waals surface area contributed by atoms with Crippen molar-refractivity contribution in [3.8, 4) is 17.2 Å². The van der Waals surface area contributed by atoms with Crippen LogP contribution >= 0.6 is 0 Å². The Morgan fingerprint density at radius 2 is 1.89 bits per heavy atom. The molecule has 6 rings (SSSR count). The number of pyridine rings is 1. The van der Waals surface area contributed by atoms with Crippen LogP contribution in [0.3, 0.4) is 0 Å². The van der Waals surface area contributed by atoms with Crippen LogP contribution < -0.4 is 19.5 Å². The predicted octanol–water partition coefficient (Wildman–Crippen LogP) is 0.676. The summed E-state index contributed by atoms with van der Waals surface area (Å²) in [5, 5.41) is 11.2. The minimum Gasteiger partial charge on any atom is -0.489 e. The molecule has 12 nitrogen and oxygen atoms in total. The molecule has 0 saturated carbocycles. The number of carbonyl (C=O) groups is 2. The molecule has 1 saturated heterocycles. The summed E-state index contributed by atoms with van der Waals surface area (Å²) < 4.78 is 24.8. The lowest BCUT2D eigenvalue weighted by molar-refractivity contribution is 0.0290. The topological polar surface area (TPSA) is 130 Å². The molecule has 2 bridgehead atoms. The van der Waals surface area contributed by atoms with Gasteiger partial charge in [0.2, 0.25) is 0 Å². The van der Waals surface area contributed by atoms with Gasteiger partial charge in [-0.25, -0.2) is 9.67 Å². The number of benzene rings is 1. The summed E-state index contributed by atoms with van der Waals surface area (Å²) in [7, 11) is 0. The average Bonchev–Trinajstić information content (AvgIpc) is 3.53. The molecule has 36 heavy (non-hydrogen) atoms. The largest absolute Gasteiger partial charge is 0.489 e. The Morgan fingerprint density at radius 3 is 2.81 bits per heavy atom. The van der Waals surface area contributed by atoms with E-state index in [2.05, 4.69) is 20.6 Å². The van der Waals surface area contributed by atoms with Gasteiger partial charge in [-0.1, -0.05) is 5.21 Å². The number of ether oxygens (including phenoxy) is 4. The molecule has 3 aromatic rings. The van der Waals surface area contributed by atoms with E-state index in [1.807, 2.05) is 0 Å². The Bertz CT molecular complexity index is 1300. The van der Waals surface area contributed by atoms with E-state index in [0.29, 0.717) is 54.9 Å². The number of fused-ring (bicyclic) bond motifs is 5. The molecule has 1 aromatic carbocycles. The third kappa shape index (κ3) is 4.42. The summed E-state index contributed by atoms with van der Waals surface area (Å²) >= 11 is 0. The number of hydrogen-bond donors (Lipinski definition) is 1. The van der Waals surface area contributed by atoms with Crippen molar-refractivity contribution >= 4 is 11.8 Å². The SMILES string of the molecule is O=C1N[C@H]2CN(C(=O)c3ccc4c(c3)OCCO4)C[C@@H]2OCc2cn(nn2)CCOc2cccnc21. The summed E-state index contributed by atoms with van der Waals surface area (Å²) in [5.74, 6) is 0.937. The minimum atomic E-state index is -0.466. The summed E-state index contributed by atoms with van der Waals surface area (Å²) in [5.41, 5.74) is 1.29. The zero-order valence-electron chi connectivity index (χ0n) is 19.3. The third-order valence-electron chi connectivity index (χ3n) is 6.25. The lowest BCUT2D eigenvalue weighted by Crippen LogP contribution is -2.44. The monoisotopic (exact) mass is 492 g/mol. The number of hydrogen-bond acceptors (Lipinski definition) is 9. The van der Waals surface area contributed by atoms with E-state index < -0.39 is 18.1 Å². The number of likely N-dealkylation sites (tertiary alicyclic amines) is 1. The van der Waals surface area contributed by atoms with Gasteiger partial charge in [0.1, 0.15) is 25.5 Å². The third-order valence-corrected chi connectivity index (χ3v) is 6.25. The van der Waals surface area contributed by atoms with E-state index in [4.69, 9.17) is 18.9 Å². The first-order chi connectivity index (χ1) is 17.6. The Morgan fingerprint density at radius 1 is 1.03 bits per heavy atom. The predicted molar refractivity (Wildman–Crippen MR) is 123 cm³/mol. The molecule has 0 spiro atoms. The second-order valence-electron chi connectivity index (χ2n) is 8.67. The van der Waals surface area contributed by atoms with E-state index in [0.717, 1.165) is 0 Å². The van der Waals surface area contributed by atoms with Gasteiger partial charge in [0, 0.05) is 24.8 Å². The highest BCUT2D eigenvalue weighted by Crippen LogP contribution is 2.31. The zero-order chi connectivity index (χ0) is 24.5. The van der Waals surface area contributed by atoms with E-state index in [-0.39, 0.29) is 31.3 Å². The van der Waals surface area contributed by atoms with Gasteiger partial charge in [-0.05, 0) is 30.3 Å². The minimum absolute atomic E-state index is 0.171. The molecule has 2 aromatic heterocycles. The first-order valence-electron chi connectivity index (χ1n) is 11.7. The van der Waals surface area contributed by atoms with Gasteiger partial charge in [-0.3, -0.25) is 9.59 Å². The van der Waals surface area contributed by atoms with Gasteiger partial charge in [0.15, 0.2) is 22.9 Å². The number of nitrogens with one attached hydrogen (secondary N) is 1. The highest BCUT2D eigenvalue weighted by molar-refractivity contribution is 5.96. The summed E-state index contributed by atoms with van der Waals surface area (Å²) in [4.78, 5) is 32.4. The molecule has 3 aliphatic rings. The molecule has 0 aliphatic carbocycles. The van der Waals surface area contributed by atoms with Gasteiger partial charge >= 0.3 is 0 Å². The van der Waals surface area contributed by atoms with E-state index in [9.17, 15) is 9.59 Å². The van der Waals surface area contributed by atoms with Gasteiger partial charge in [0.05, 0.1) is 31.5 Å². The Balaban J connectivity index is 1.26. The molecule has 12 heteroatoms. The lowest BCUT2D eigenvalue weighted by atomic mass is 10.1. The van der Waals surface area contributed by atoms with E-state index in [1.165, 1.54) is 6.20 Å². The van der Waals surface area contributed by atoms with Crippen molar-refractivity contribution in [1.29, 1.82) is 0 Å². The lowest BCUT2D eigenvalue weighted by Gasteiger charge is -2.21. The van der Waals surface area contributed by atoms with Gasteiger partial charge in [-0.15, -0.1) is 5.10 Å². The second-order valence-corrected chi connectivity index (χ2v) is 8.67. The molecular weight excluding hydrogens is 468 g/mol. The van der Waals surface area contributed by atoms with E-state index >= 15 is 0 Å². The van der Waals surface area contributed by atoms with Crippen LogP contribution in [-0.2, 0) is 17.9 Å². The van der Waals surface area contributed by atoms with Crippen LogP contribution in [0.2, 0.25) is 0 Å². The van der Waals surface area contributed by atoms with Crippen molar-refractivity contribution in [2.45, 2.75) is 25.3 Å². The average molecular weight is 492 g/mol. The van der Waals surface area contributed by atoms with Gasteiger partial charge in [0.25, 0.3) is 11.8 Å². The fraction of sp³-hybridized carbons (Fsp3) is 0.375. The maximum Gasteiger partial charge on any atom is 0.274 e. The van der Waals surface area contributed by atoms with Crippen LogP contribution in [0.1, 0.15) is 26.5 Å². The second kappa shape index (κ2) is 9.46. The zero-order valence-corrected chi connectivity index (χ0v) is 19.3. The number of carbonyl (C=O) groups excluding carboxylic acids is 2. The van der Waals surface area contributed by atoms with Crippen molar-refractivity contribution in [3.05, 3.63) is 59.7 Å². The molecule has 0 unspecified atom stereocenters. The Hall–Kier alpha value is -4.19. The first-order valence-corrected chi connectivity index (χ1v) is 11.7. The van der Waals surface area contributed by atoms with Crippen LogP contribution in [0, 0.1) is 0 Å². The van der Waals surface area contributed by atoms with Crippen molar-refractivity contribution in [2.24, 2.45) is 0 Å². The molecule has 2 amide bonds. The molecule has 186 valence electrons. The van der Waals surface area contributed by atoms with Gasteiger partial charge < -0.3 is 29.2 Å². The normalized spacial score (nSPS) is 21.4. The number of rotatable bonds is 1. The molecule has 1 fully saturated rings. The van der Waals surface area contributed by atoms with Gasteiger partial charge in [-0.2, -0.15) is 0 Å². The molecule has 1 N–H and O–H groups in total. The Labute approximate surface area is 206 Å². The van der Waals surface area contributed by atoms with Crippen LogP contribution in [0.25, 0.3) is 0 Å². The van der Waals surface area contributed by atoms with E-state index in [1.54, 1.807) is 46.1 Å². The Kier molecular flexibility index (Phi) is 5.85. The quantitative estimate of drug-likeness (QED) is 0.521. The maximum absolute atomic E-state index is 13.4. The number of amides is 2. The first kappa shape index (κ1) is 22.3. The molecular formula is C24H24N6O6. The molecule has 2 atom stereocenters. The fourth-order valence-corrected chi connectivity index (χ4v) is 4.48. The van der Waals surface area contributed by atoms with Crippen LogP contribution in [0.5, 0.6) is 17.2 Å². The summed E-state index contributed by atoms with van der Waals surface area (Å²) in [6.45, 7) is 2.40. The van der Waals surface area contributed by atoms with Crippen molar-refractivity contribution < 1.29 is 28.5 Å². The standard InChI is InChI=1S/C24H24N6O6/c31-23-22-19(2-1-5-25-22)33-7-6-30-11-16(27-28-30)14-36-21-13-29(12-17(21)26-23)24(32)15-3-4-18-20(10-15)35-9-8-34-18/h1-5,10-11,17,21H,6-9,12-14H2,(H,26,31)/t17-,21-/m0/s1. The summed E-state index contributed by atoms with van der Waals surface area (Å²) in [6.07, 6.45) is 2.87. The fourth-order valence-electron chi connectivity index (χ4n) is 4.48. The highest BCUT2D eigenvalue weighted by Gasteiger charge is 2.38. The molecule has 0 radical (unpaired) electrons. The van der Waals surface area contributed by atoms with Crippen molar-refractivity contribution in [3.63, 3.8) is 0 Å². The van der Waals surface area contributed by atoms with Crippen molar-refractivity contribution in [2.75, 3.05) is 32.9 Å². The maximum atomic E-state index is 13.4. The van der Waals surface area contributed by atoms with Crippen molar-refractivity contribution in [1.82, 2.24) is 30.2 Å². The summed E-state index contributed by atoms with van der Waals surface area (Å²) in [6, 6.07) is 8.07. The number of aromatic nitrogens is 4. The van der Waals surface area contributed by atoms with Crippen LogP contribution in [-0.4, -0.2) is 81.7 Å². The molecule has 5 heterocycles. The van der Waals surface area contributed by atoms with Crippen LogP contribution in [0.4, 0.5) is 0 Å². The smallest absolute Gasteiger partial charge is 0.274 e. The highest BCUT2D eigenvalue weighted by atomic mass is 16.6.